The zero-order valence-corrected chi connectivity index (χ0v) is 13.5. The van der Waals surface area contributed by atoms with Crippen molar-refractivity contribution in [3.05, 3.63) is 52.8 Å². The maximum absolute atomic E-state index is 13.5. The minimum atomic E-state index is -3.85. The molecule has 0 radical (unpaired) electrons. The number of sulfonamides is 1. The average molecular weight is 374 g/mol. The molecule has 0 saturated heterocycles. The topological polar surface area (TPSA) is 55.4 Å². The number of ether oxygens (including phenoxy) is 1. The second kappa shape index (κ2) is 6.44. The lowest BCUT2D eigenvalue weighted by atomic mass is 10.3. The van der Waals surface area contributed by atoms with Gasteiger partial charge in [-0.2, -0.15) is 0 Å². The summed E-state index contributed by atoms with van der Waals surface area (Å²) in [5.41, 5.74) is 0.351. The molecule has 2 aromatic rings. The summed E-state index contributed by atoms with van der Waals surface area (Å²) in [5.74, 6) is -0.0828. The Balaban J connectivity index is 2.28. The van der Waals surface area contributed by atoms with Gasteiger partial charge in [0.15, 0.2) is 0 Å². The second-order valence-electron chi connectivity index (χ2n) is 4.14. The number of anilines is 1. The van der Waals surface area contributed by atoms with Crippen molar-refractivity contribution in [3.8, 4) is 5.75 Å². The summed E-state index contributed by atoms with van der Waals surface area (Å²) in [6, 6.07) is 10.2. The predicted molar refractivity (Wildman–Crippen MR) is 82.5 cm³/mol. The third-order valence-corrected chi connectivity index (χ3v) is 4.62. The molecule has 0 saturated carbocycles. The molecular weight excluding hydrogens is 361 g/mol. The molecule has 0 aromatic heterocycles. The summed E-state index contributed by atoms with van der Waals surface area (Å²) >= 11 is 2.98. The molecule has 0 aliphatic carbocycles. The zero-order chi connectivity index (χ0) is 15.5. The maximum atomic E-state index is 13.5. The number of rotatable bonds is 5. The van der Waals surface area contributed by atoms with Crippen LogP contribution >= 0.6 is 15.9 Å². The van der Waals surface area contributed by atoms with Gasteiger partial charge in [-0.3, -0.25) is 4.72 Å². The first-order valence-corrected chi connectivity index (χ1v) is 8.41. The highest BCUT2D eigenvalue weighted by atomic mass is 79.9. The fourth-order valence-electron chi connectivity index (χ4n) is 1.67. The molecule has 2 aromatic carbocycles. The zero-order valence-electron chi connectivity index (χ0n) is 11.1. The SMILES string of the molecule is CCOc1cccc(NS(=O)(=O)c2ccc(Br)c(F)c2)c1. The van der Waals surface area contributed by atoms with Gasteiger partial charge in [0.25, 0.3) is 10.0 Å². The fourth-order valence-corrected chi connectivity index (χ4v) is 2.98. The van der Waals surface area contributed by atoms with E-state index in [-0.39, 0.29) is 9.37 Å². The minimum Gasteiger partial charge on any atom is -0.494 e. The number of hydrogen-bond donors (Lipinski definition) is 1. The van der Waals surface area contributed by atoms with E-state index in [1.54, 1.807) is 24.3 Å². The van der Waals surface area contributed by atoms with Crippen LogP contribution in [0, 0.1) is 5.82 Å². The first kappa shape index (κ1) is 15.8. The Hall–Kier alpha value is -1.60. The standard InChI is InChI=1S/C14H13BrFNO3S/c1-2-20-11-5-3-4-10(8-11)17-21(18,19)12-6-7-13(15)14(16)9-12/h3-9,17H,2H2,1H3. The number of hydrogen-bond acceptors (Lipinski definition) is 3. The molecule has 0 heterocycles. The average Bonchev–Trinajstić information content (AvgIpc) is 2.42. The first-order valence-electron chi connectivity index (χ1n) is 6.13. The molecule has 2 rings (SSSR count). The van der Waals surface area contributed by atoms with E-state index in [1.165, 1.54) is 12.1 Å². The molecule has 0 bridgehead atoms. The Morgan fingerprint density at radius 3 is 2.67 bits per heavy atom. The van der Waals surface area contributed by atoms with Crippen LogP contribution in [0.1, 0.15) is 6.92 Å². The van der Waals surface area contributed by atoms with Crippen LogP contribution in [0.25, 0.3) is 0 Å². The van der Waals surface area contributed by atoms with Crippen molar-refractivity contribution < 1.29 is 17.5 Å². The molecule has 0 spiro atoms. The van der Waals surface area contributed by atoms with E-state index in [2.05, 4.69) is 20.7 Å². The summed E-state index contributed by atoms with van der Waals surface area (Å²) < 4.78 is 45.8. The van der Waals surface area contributed by atoms with Crippen LogP contribution < -0.4 is 9.46 Å². The van der Waals surface area contributed by atoms with Gasteiger partial charge in [-0.1, -0.05) is 6.07 Å². The van der Waals surface area contributed by atoms with Crippen LogP contribution in [0.2, 0.25) is 0 Å². The van der Waals surface area contributed by atoms with Gasteiger partial charge >= 0.3 is 0 Å². The Kier molecular flexibility index (Phi) is 4.84. The van der Waals surface area contributed by atoms with Crippen LogP contribution in [0.5, 0.6) is 5.75 Å². The highest BCUT2D eigenvalue weighted by Gasteiger charge is 2.16. The predicted octanol–water partition coefficient (Wildman–Crippen LogP) is 3.79. The maximum Gasteiger partial charge on any atom is 0.261 e. The Morgan fingerprint density at radius 1 is 1.24 bits per heavy atom. The summed E-state index contributed by atoms with van der Waals surface area (Å²) in [4.78, 5) is -0.148. The highest BCUT2D eigenvalue weighted by molar-refractivity contribution is 9.10. The molecule has 0 fully saturated rings. The third kappa shape index (κ3) is 3.95. The largest absolute Gasteiger partial charge is 0.494 e. The first-order chi connectivity index (χ1) is 9.92. The summed E-state index contributed by atoms with van der Waals surface area (Å²) in [6.45, 7) is 2.32. The third-order valence-electron chi connectivity index (χ3n) is 2.60. The van der Waals surface area contributed by atoms with E-state index < -0.39 is 15.8 Å². The quantitative estimate of drug-likeness (QED) is 0.867. The van der Waals surface area contributed by atoms with Crippen molar-refractivity contribution in [2.24, 2.45) is 0 Å². The smallest absolute Gasteiger partial charge is 0.261 e. The van der Waals surface area contributed by atoms with Gasteiger partial charge in [-0.15, -0.1) is 0 Å². The van der Waals surface area contributed by atoms with Crippen LogP contribution in [-0.2, 0) is 10.0 Å². The molecule has 112 valence electrons. The van der Waals surface area contributed by atoms with Crippen molar-refractivity contribution in [1.29, 1.82) is 0 Å². The molecular formula is C14H13BrFNO3S. The van der Waals surface area contributed by atoms with Gasteiger partial charge in [0.05, 0.1) is 21.7 Å². The van der Waals surface area contributed by atoms with Gasteiger partial charge in [-0.05, 0) is 53.2 Å². The Morgan fingerprint density at radius 2 is 2.00 bits per heavy atom. The fraction of sp³-hybridized carbons (Fsp3) is 0.143. The van der Waals surface area contributed by atoms with Gasteiger partial charge in [0.1, 0.15) is 11.6 Å². The van der Waals surface area contributed by atoms with Crippen molar-refractivity contribution >= 4 is 31.6 Å². The molecule has 0 amide bonds. The molecule has 0 aliphatic heterocycles. The van der Waals surface area contributed by atoms with E-state index in [9.17, 15) is 12.8 Å². The Labute approximate surface area is 131 Å². The van der Waals surface area contributed by atoms with Gasteiger partial charge in [0.2, 0.25) is 0 Å². The highest BCUT2D eigenvalue weighted by Crippen LogP contribution is 2.23. The molecule has 7 heteroatoms. The number of benzene rings is 2. The summed E-state index contributed by atoms with van der Waals surface area (Å²) in [7, 11) is -3.85. The van der Waals surface area contributed by atoms with E-state index in [4.69, 9.17) is 4.74 Å². The molecule has 0 aliphatic rings. The normalized spacial score (nSPS) is 11.2. The number of halogens is 2. The molecule has 0 atom stereocenters. The lowest BCUT2D eigenvalue weighted by Gasteiger charge is -2.10. The molecule has 4 nitrogen and oxygen atoms in total. The van der Waals surface area contributed by atoms with Gasteiger partial charge in [0, 0.05) is 6.07 Å². The van der Waals surface area contributed by atoms with Crippen LogP contribution in [0.15, 0.2) is 51.8 Å². The van der Waals surface area contributed by atoms with Crippen molar-refractivity contribution in [2.75, 3.05) is 11.3 Å². The number of nitrogens with one attached hydrogen (secondary N) is 1. The van der Waals surface area contributed by atoms with Gasteiger partial charge in [-0.25, -0.2) is 12.8 Å². The van der Waals surface area contributed by atoms with E-state index in [0.29, 0.717) is 18.0 Å². The van der Waals surface area contributed by atoms with Crippen LogP contribution in [0.4, 0.5) is 10.1 Å². The van der Waals surface area contributed by atoms with E-state index in [0.717, 1.165) is 6.07 Å². The molecule has 1 N–H and O–H groups in total. The van der Waals surface area contributed by atoms with Crippen LogP contribution in [-0.4, -0.2) is 15.0 Å². The van der Waals surface area contributed by atoms with E-state index in [1.807, 2.05) is 6.92 Å². The summed E-state index contributed by atoms with van der Waals surface area (Å²) in [5, 5.41) is 0. The monoisotopic (exact) mass is 373 g/mol. The lowest BCUT2D eigenvalue weighted by molar-refractivity contribution is 0.340. The van der Waals surface area contributed by atoms with Crippen LogP contribution in [0.3, 0.4) is 0 Å². The lowest BCUT2D eigenvalue weighted by Crippen LogP contribution is -2.13. The molecule has 21 heavy (non-hydrogen) atoms. The Bertz CT molecular complexity index is 750. The second-order valence-corrected chi connectivity index (χ2v) is 6.68. The van der Waals surface area contributed by atoms with Crippen molar-refractivity contribution in [2.45, 2.75) is 11.8 Å². The van der Waals surface area contributed by atoms with E-state index >= 15 is 0 Å². The van der Waals surface area contributed by atoms with Crippen molar-refractivity contribution in [1.82, 2.24) is 0 Å². The molecule has 0 unspecified atom stereocenters. The minimum absolute atomic E-state index is 0.148. The summed E-state index contributed by atoms with van der Waals surface area (Å²) in [6.07, 6.45) is 0. The van der Waals surface area contributed by atoms with Crippen molar-refractivity contribution in [3.63, 3.8) is 0 Å². The van der Waals surface area contributed by atoms with Gasteiger partial charge < -0.3 is 4.74 Å².